The third kappa shape index (κ3) is 6.39. The summed E-state index contributed by atoms with van der Waals surface area (Å²) in [5, 5.41) is 4.10. The molecule has 4 aliphatic rings. The molecule has 3 atom stereocenters. The number of hydrogen-bond donors (Lipinski definition) is 2. The first kappa shape index (κ1) is 32.5. The minimum absolute atomic E-state index is 0.00965. The molecule has 4 aliphatic heterocycles. The minimum Gasteiger partial charge on any atom is -0.379 e. The summed E-state index contributed by atoms with van der Waals surface area (Å²) >= 11 is 0. The Morgan fingerprint density at radius 2 is 1.76 bits per heavy atom. The van der Waals surface area contributed by atoms with Gasteiger partial charge in [0.15, 0.2) is 0 Å². The maximum Gasteiger partial charge on any atom is 0.228 e. The van der Waals surface area contributed by atoms with Crippen LogP contribution in [0.25, 0.3) is 10.9 Å². The maximum absolute atomic E-state index is 14.3. The molecule has 4 amide bonds. The monoisotopic (exact) mass is 636 g/mol. The molecule has 0 aliphatic carbocycles. The number of fused-ring (bicyclic) bond motifs is 5. The zero-order valence-electron chi connectivity index (χ0n) is 27.4. The zero-order chi connectivity index (χ0) is 32.4. The molecular weight excluding hydrogens is 588 g/mol. The minimum atomic E-state index is -0.885. The molecule has 1 aromatic carbocycles. The van der Waals surface area contributed by atoms with E-state index in [4.69, 9.17) is 9.47 Å². The smallest absolute Gasteiger partial charge is 0.228 e. The van der Waals surface area contributed by atoms with Crippen LogP contribution in [0.3, 0.4) is 0 Å². The van der Waals surface area contributed by atoms with Crippen LogP contribution in [0.4, 0.5) is 0 Å². The van der Waals surface area contributed by atoms with Gasteiger partial charge in [0.1, 0.15) is 0 Å². The molecule has 46 heavy (non-hydrogen) atoms. The van der Waals surface area contributed by atoms with Crippen molar-refractivity contribution in [2.75, 3.05) is 86.3 Å². The predicted molar refractivity (Wildman–Crippen MR) is 172 cm³/mol. The zero-order valence-corrected chi connectivity index (χ0v) is 27.4. The number of nitrogens with zero attached hydrogens (tertiary/aromatic N) is 4. The predicted octanol–water partition coefficient (Wildman–Crippen LogP) is 1.12. The van der Waals surface area contributed by atoms with Gasteiger partial charge in [0.05, 0.1) is 37.9 Å². The number of aryl methyl sites for hydroxylation is 1. The van der Waals surface area contributed by atoms with Gasteiger partial charge in [-0.05, 0) is 43.4 Å². The van der Waals surface area contributed by atoms with E-state index in [1.54, 1.807) is 19.0 Å². The molecule has 12 heteroatoms. The van der Waals surface area contributed by atoms with Gasteiger partial charge in [-0.15, -0.1) is 0 Å². The van der Waals surface area contributed by atoms with Crippen LogP contribution in [-0.2, 0) is 47.0 Å². The Morgan fingerprint density at radius 1 is 1.04 bits per heavy atom. The Bertz CT molecular complexity index is 1460. The van der Waals surface area contributed by atoms with E-state index in [1.165, 1.54) is 0 Å². The van der Waals surface area contributed by atoms with Crippen LogP contribution >= 0.6 is 0 Å². The third-order valence-electron chi connectivity index (χ3n) is 10.5. The summed E-state index contributed by atoms with van der Waals surface area (Å²) in [5.74, 6) is -1.22. The molecule has 12 nitrogen and oxygen atoms in total. The quantitative estimate of drug-likeness (QED) is 0.423. The van der Waals surface area contributed by atoms with E-state index in [9.17, 15) is 19.2 Å². The van der Waals surface area contributed by atoms with Gasteiger partial charge >= 0.3 is 0 Å². The van der Waals surface area contributed by atoms with E-state index >= 15 is 0 Å². The van der Waals surface area contributed by atoms with Crippen molar-refractivity contribution < 1.29 is 28.7 Å². The number of piperidine rings is 1. The molecule has 3 saturated heterocycles. The number of hydrogen-bond acceptors (Lipinski definition) is 7. The van der Waals surface area contributed by atoms with Crippen molar-refractivity contribution in [3.8, 4) is 0 Å². The molecule has 0 spiro atoms. The highest BCUT2D eigenvalue weighted by Crippen LogP contribution is 2.50. The lowest BCUT2D eigenvalue weighted by molar-refractivity contribution is -0.166. The number of carbonyl (C=O) groups excluding carboxylic acids is 4. The topological polar surface area (TPSA) is 128 Å². The highest BCUT2D eigenvalue weighted by molar-refractivity contribution is 5.93. The number of H-pyrrole nitrogens is 1. The molecule has 0 unspecified atom stereocenters. The van der Waals surface area contributed by atoms with E-state index in [1.807, 2.05) is 16.7 Å². The van der Waals surface area contributed by atoms with E-state index in [0.717, 1.165) is 47.4 Å². The van der Waals surface area contributed by atoms with Crippen molar-refractivity contribution in [2.24, 2.45) is 11.8 Å². The van der Waals surface area contributed by atoms with Gasteiger partial charge in [-0.3, -0.25) is 24.1 Å². The van der Waals surface area contributed by atoms with E-state index < -0.39 is 17.4 Å². The average Bonchev–Trinajstić information content (AvgIpc) is 3.44. The van der Waals surface area contributed by atoms with Crippen LogP contribution in [0.2, 0.25) is 0 Å². The summed E-state index contributed by atoms with van der Waals surface area (Å²) in [7, 11) is 3.53. The lowest BCUT2D eigenvalue weighted by atomic mass is 9.67. The number of nitrogens with one attached hydrogen (secondary N) is 2. The van der Waals surface area contributed by atoms with Crippen molar-refractivity contribution in [3.63, 3.8) is 0 Å². The molecule has 250 valence electrons. The first-order valence-corrected chi connectivity index (χ1v) is 16.8. The van der Waals surface area contributed by atoms with Crippen LogP contribution in [-0.4, -0.2) is 135 Å². The number of morpholine rings is 2. The fourth-order valence-electron chi connectivity index (χ4n) is 7.74. The fraction of sp³-hybridized carbons (Fsp3) is 0.647. The number of aromatic nitrogens is 1. The summed E-state index contributed by atoms with van der Waals surface area (Å²) in [4.78, 5) is 65.1. The Kier molecular flexibility index (Phi) is 9.67. The molecule has 2 N–H and O–H groups in total. The van der Waals surface area contributed by atoms with Gasteiger partial charge < -0.3 is 34.5 Å². The summed E-state index contributed by atoms with van der Waals surface area (Å²) in [6, 6.07) is 6.27. The van der Waals surface area contributed by atoms with Gasteiger partial charge in [-0.1, -0.05) is 12.1 Å². The van der Waals surface area contributed by atoms with Crippen LogP contribution in [0.1, 0.15) is 43.0 Å². The highest BCUT2D eigenvalue weighted by Gasteiger charge is 2.57. The third-order valence-corrected chi connectivity index (χ3v) is 10.5. The second-order valence-corrected chi connectivity index (χ2v) is 13.5. The van der Waals surface area contributed by atoms with E-state index in [-0.39, 0.29) is 30.0 Å². The van der Waals surface area contributed by atoms with Crippen molar-refractivity contribution >= 4 is 34.5 Å². The molecule has 5 heterocycles. The van der Waals surface area contributed by atoms with Gasteiger partial charge in [-0.2, -0.15) is 0 Å². The van der Waals surface area contributed by atoms with Gasteiger partial charge in [0.25, 0.3) is 0 Å². The van der Waals surface area contributed by atoms with Crippen LogP contribution in [0, 0.1) is 11.8 Å². The summed E-state index contributed by atoms with van der Waals surface area (Å²) in [5.41, 5.74) is 3.17. The van der Waals surface area contributed by atoms with Crippen molar-refractivity contribution in [1.82, 2.24) is 29.9 Å². The molecular formula is C34H48N6O6. The SMILES string of the molecule is CN(C)C(=O)CCc1ccc2c3c([nH]c2c1)[C@]1(C)[C@@H](C(=O)N2CCOCC2)C[C@H](CC(=O)NCCN2CCOCC2)C(=O)N1CC3. The van der Waals surface area contributed by atoms with Crippen molar-refractivity contribution in [3.05, 3.63) is 35.0 Å². The number of ether oxygens (including phenoxy) is 2. The lowest BCUT2D eigenvalue weighted by Gasteiger charge is -2.54. The molecule has 0 saturated carbocycles. The maximum atomic E-state index is 14.3. The van der Waals surface area contributed by atoms with Crippen LogP contribution < -0.4 is 5.32 Å². The van der Waals surface area contributed by atoms with E-state index in [2.05, 4.69) is 33.4 Å². The number of benzene rings is 1. The Labute approximate surface area is 270 Å². The summed E-state index contributed by atoms with van der Waals surface area (Å²) in [6.45, 7) is 8.88. The largest absolute Gasteiger partial charge is 0.379 e. The second kappa shape index (κ2) is 13.7. The molecule has 0 radical (unpaired) electrons. The molecule has 2 aromatic rings. The molecule has 3 fully saturated rings. The molecule has 0 bridgehead atoms. The fourth-order valence-corrected chi connectivity index (χ4v) is 7.74. The standard InChI is InChI=1S/C34H48N6O6/c1-34-27(33(44)39-14-18-46-19-15-39)21-24(22-29(41)35-9-11-38-12-16-45-17-13-38)32(43)40(34)10-8-26-25-6-4-23(5-7-30(42)37(2)3)20-28(25)36-31(26)34/h4,6,20,24,27,36H,5,7-19,21-22H2,1-3H3,(H,35,41)/t24-,27-,34+/m1/s1. The van der Waals surface area contributed by atoms with Crippen molar-refractivity contribution in [2.45, 2.75) is 44.6 Å². The number of aromatic amines is 1. The summed E-state index contributed by atoms with van der Waals surface area (Å²) in [6.07, 6.45) is 2.09. The van der Waals surface area contributed by atoms with Gasteiger partial charge in [0, 0.05) is 95.3 Å². The number of amides is 4. The van der Waals surface area contributed by atoms with E-state index in [0.29, 0.717) is 78.3 Å². The van der Waals surface area contributed by atoms with Crippen LogP contribution in [0.5, 0.6) is 0 Å². The normalized spacial score (nSPS) is 25.2. The summed E-state index contributed by atoms with van der Waals surface area (Å²) < 4.78 is 11.0. The van der Waals surface area contributed by atoms with Gasteiger partial charge in [0.2, 0.25) is 23.6 Å². The molecule has 1 aromatic heterocycles. The number of carbonyl (C=O) groups is 4. The first-order valence-electron chi connectivity index (χ1n) is 16.8. The number of rotatable bonds is 9. The van der Waals surface area contributed by atoms with Crippen LogP contribution in [0.15, 0.2) is 18.2 Å². The second-order valence-electron chi connectivity index (χ2n) is 13.5. The Hall–Kier alpha value is -3.48. The Balaban J connectivity index is 1.25. The Morgan fingerprint density at radius 3 is 2.48 bits per heavy atom. The highest BCUT2D eigenvalue weighted by atomic mass is 16.5. The first-order chi connectivity index (χ1) is 22.2. The van der Waals surface area contributed by atoms with Crippen molar-refractivity contribution in [1.29, 1.82) is 0 Å². The molecule has 6 rings (SSSR count). The van der Waals surface area contributed by atoms with Gasteiger partial charge in [-0.25, -0.2) is 0 Å². The lowest BCUT2D eigenvalue weighted by Crippen LogP contribution is -2.65. The average molecular weight is 637 g/mol.